The smallest absolute Gasteiger partial charge is 0.239 e. The number of hydrogen-bond acceptors (Lipinski definition) is 5. The summed E-state index contributed by atoms with van der Waals surface area (Å²) in [6.07, 6.45) is 1.18. The number of carbonyl (C=O) groups excluding carboxylic acids is 2. The van der Waals surface area contributed by atoms with Gasteiger partial charge in [-0.05, 0) is 54.9 Å². The second-order valence-electron chi connectivity index (χ2n) is 10.6. The summed E-state index contributed by atoms with van der Waals surface area (Å²) in [6, 6.07) is 15.4. The van der Waals surface area contributed by atoms with Crippen LogP contribution in [0.2, 0.25) is 0 Å². The number of aliphatic hydroxyl groups excluding tert-OH is 1. The van der Waals surface area contributed by atoms with Crippen LogP contribution in [0.5, 0.6) is 5.75 Å². The molecule has 2 aliphatic rings. The number of hydrogen-bond donors (Lipinski definition) is 3. The molecule has 0 aliphatic carbocycles. The summed E-state index contributed by atoms with van der Waals surface area (Å²) in [5.41, 5.74) is 7.42. The van der Waals surface area contributed by atoms with Gasteiger partial charge in [-0.25, -0.2) is 0 Å². The number of nitrogens with zero attached hydrogens (tertiary/aromatic N) is 2. The minimum Gasteiger partial charge on any atom is -0.508 e. The maximum Gasteiger partial charge on any atom is 0.239 e. The molecule has 188 valence electrons. The van der Waals surface area contributed by atoms with Crippen molar-refractivity contribution in [2.24, 2.45) is 17.1 Å². The zero-order valence-electron chi connectivity index (χ0n) is 20.6. The van der Waals surface area contributed by atoms with Gasteiger partial charge in [-0.15, -0.1) is 0 Å². The van der Waals surface area contributed by atoms with E-state index in [2.05, 4.69) is 13.8 Å². The van der Waals surface area contributed by atoms with Crippen LogP contribution in [0.3, 0.4) is 0 Å². The Morgan fingerprint density at radius 2 is 1.71 bits per heavy atom. The Hall–Kier alpha value is -2.90. The summed E-state index contributed by atoms with van der Waals surface area (Å²) in [7, 11) is 0. The van der Waals surface area contributed by atoms with E-state index in [0.29, 0.717) is 45.3 Å². The number of aromatic hydroxyl groups is 1. The van der Waals surface area contributed by atoms with E-state index in [9.17, 15) is 19.8 Å². The number of piperidine rings is 2. The Balaban J connectivity index is 1.45. The first-order chi connectivity index (χ1) is 16.7. The lowest BCUT2D eigenvalue weighted by Crippen LogP contribution is -2.60. The van der Waals surface area contributed by atoms with Crippen molar-refractivity contribution >= 4 is 11.8 Å². The molecule has 0 saturated carbocycles. The Bertz CT molecular complexity index is 1020. The van der Waals surface area contributed by atoms with Gasteiger partial charge in [0.15, 0.2) is 0 Å². The molecule has 7 nitrogen and oxygen atoms in total. The molecule has 3 atom stereocenters. The standard InChI is InChI=1S/C28H37N3O4/c1-19(2)18-31-25(21-6-4-3-5-7-21)24(33)17-28(27(31)35)12-14-30(15-13-28)26(34)23(29)16-20-8-10-22(32)11-9-20/h3-11,19,23-25,32-33H,12-18,29H2,1-2H3/t23-,24+,25-/m0/s1. The molecule has 1 spiro atoms. The molecule has 2 amide bonds. The van der Waals surface area contributed by atoms with E-state index in [1.807, 2.05) is 35.2 Å². The maximum atomic E-state index is 13.9. The van der Waals surface area contributed by atoms with Crippen molar-refractivity contribution in [2.75, 3.05) is 19.6 Å². The van der Waals surface area contributed by atoms with Gasteiger partial charge in [-0.3, -0.25) is 9.59 Å². The lowest BCUT2D eigenvalue weighted by molar-refractivity contribution is -0.166. The molecule has 2 heterocycles. The van der Waals surface area contributed by atoms with Crippen molar-refractivity contribution < 1.29 is 19.8 Å². The van der Waals surface area contributed by atoms with E-state index in [1.165, 1.54) is 0 Å². The highest BCUT2D eigenvalue weighted by molar-refractivity contribution is 5.86. The number of aliphatic hydroxyl groups is 1. The van der Waals surface area contributed by atoms with Crippen LogP contribution in [0, 0.1) is 11.3 Å². The molecule has 4 N–H and O–H groups in total. The second kappa shape index (κ2) is 10.4. The van der Waals surface area contributed by atoms with E-state index < -0.39 is 17.6 Å². The Morgan fingerprint density at radius 1 is 1.09 bits per heavy atom. The van der Waals surface area contributed by atoms with E-state index in [1.54, 1.807) is 29.2 Å². The number of amides is 2. The minimum atomic E-state index is -0.679. The van der Waals surface area contributed by atoms with Crippen molar-refractivity contribution in [3.05, 3.63) is 65.7 Å². The third-order valence-corrected chi connectivity index (χ3v) is 7.46. The summed E-state index contributed by atoms with van der Waals surface area (Å²) in [4.78, 5) is 30.6. The average molecular weight is 480 g/mol. The number of benzene rings is 2. The molecule has 0 bridgehead atoms. The quantitative estimate of drug-likeness (QED) is 0.591. The third kappa shape index (κ3) is 5.36. The van der Waals surface area contributed by atoms with E-state index in [0.717, 1.165) is 11.1 Å². The van der Waals surface area contributed by atoms with Gasteiger partial charge in [0.1, 0.15) is 5.75 Å². The largest absolute Gasteiger partial charge is 0.508 e. The van der Waals surface area contributed by atoms with Crippen molar-refractivity contribution in [1.29, 1.82) is 0 Å². The summed E-state index contributed by atoms with van der Waals surface area (Å²) >= 11 is 0. The molecule has 2 aliphatic heterocycles. The number of likely N-dealkylation sites (tertiary alicyclic amines) is 2. The summed E-state index contributed by atoms with van der Waals surface area (Å²) < 4.78 is 0. The van der Waals surface area contributed by atoms with Gasteiger partial charge in [0.05, 0.1) is 23.6 Å². The molecule has 4 rings (SSSR count). The zero-order valence-corrected chi connectivity index (χ0v) is 20.6. The number of phenolic OH excluding ortho intramolecular Hbond substituents is 1. The second-order valence-corrected chi connectivity index (χ2v) is 10.6. The first-order valence-electron chi connectivity index (χ1n) is 12.6. The molecule has 2 aromatic carbocycles. The van der Waals surface area contributed by atoms with Gasteiger partial charge in [-0.1, -0.05) is 56.3 Å². The molecule has 7 heteroatoms. The first-order valence-corrected chi connectivity index (χ1v) is 12.6. The Labute approximate surface area is 207 Å². The Morgan fingerprint density at radius 3 is 2.31 bits per heavy atom. The molecule has 0 aromatic heterocycles. The fourth-order valence-corrected chi connectivity index (χ4v) is 5.66. The monoisotopic (exact) mass is 479 g/mol. The van der Waals surface area contributed by atoms with Crippen LogP contribution in [0.25, 0.3) is 0 Å². The van der Waals surface area contributed by atoms with Crippen LogP contribution >= 0.6 is 0 Å². The van der Waals surface area contributed by atoms with Crippen LogP contribution in [0.15, 0.2) is 54.6 Å². The van der Waals surface area contributed by atoms with Gasteiger partial charge in [0.2, 0.25) is 11.8 Å². The number of phenols is 1. The SMILES string of the molecule is CC(C)CN1C(=O)C2(CCN(C(=O)[C@@H](N)Cc3ccc(O)cc3)CC2)C[C@@H](O)[C@@H]1c1ccccc1. The topological polar surface area (TPSA) is 107 Å². The molecule has 0 radical (unpaired) electrons. The molecular weight excluding hydrogens is 442 g/mol. The lowest BCUT2D eigenvalue weighted by atomic mass is 9.68. The van der Waals surface area contributed by atoms with Crippen LogP contribution < -0.4 is 5.73 Å². The number of carbonyl (C=O) groups is 2. The van der Waals surface area contributed by atoms with Gasteiger partial charge in [0, 0.05) is 19.6 Å². The molecule has 2 saturated heterocycles. The number of nitrogens with two attached hydrogens (primary N) is 1. The van der Waals surface area contributed by atoms with E-state index >= 15 is 0 Å². The van der Waals surface area contributed by atoms with Crippen LogP contribution in [0.1, 0.15) is 50.3 Å². The average Bonchev–Trinajstić information content (AvgIpc) is 2.84. The minimum absolute atomic E-state index is 0.0887. The van der Waals surface area contributed by atoms with E-state index in [-0.39, 0.29) is 29.5 Å². The normalized spacial score (nSPS) is 23.1. The molecular formula is C28H37N3O4. The van der Waals surface area contributed by atoms with Crippen LogP contribution in [-0.2, 0) is 16.0 Å². The van der Waals surface area contributed by atoms with Crippen molar-refractivity contribution in [3.8, 4) is 5.75 Å². The van der Waals surface area contributed by atoms with Crippen molar-refractivity contribution in [2.45, 2.75) is 57.7 Å². The third-order valence-electron chi connectivity index (χ3n) is 7.46. The number of rotatable bonds is 6. The maximum absolute atomic E-state index is 13.9. The van der Waals surface area contributed by atoms with Gasteiger partial charge >= 0.3 is 0 Å². The zero-order chi connectivity index (χ0) is 25.2. The Kier molecular flexibility index (Phi) is 7.47. The molecule has 2 aromatic rings. The fourth-order valence-electron chi connectivity index (χ4n) is 5.66. The van der Waals surface area contributed by atoms with Gasteiger partial charge in [0.25, 0.3) is 0 Å². The lowest BCUT2D eigenvalue weighted by Gasteiger charge is -2.52. The molecule has 2 fully saturated rings. The highest BCUT2D eigenvalue weighted by Crippen LogP contribution is 2.47. The van der Waals surface area contributed by atoms with Gasteiger partial charge < -0.3 is 25.7 Å². The first kappa shape index (κ1) is 25.2. The summed E-state index contributed by atoms with van der Waals surface area (Å²) in [5.74, 6) is 0.408. The summed E-state index contributed by atoms with van der Waals surface area (Å²) in [6.45, 7) is 5.65. The summed E-state index contributed by atoms with van der Waals surface area (Å²) in [5, 5.41) is 20.7. The van der Waals surface area contributed by atoms with E-state index in [4.69, 9.17) is 5.73 Å². The molecule has 35 heavy (non-hydrogen) atoms. The molecule has 0 unspecified atom stereocenters. The van der Waals surface area contributed by atoms with Crippen molar-refractivity contribution in [3.63, 3.8) is 0 Å². The van der Waals surface area contributed by atoms with Crippen molar-refractivity contribution in [1.82, 2.24) is 9.80 Å². The predicted molar refractivity (Wildman–Crippen MR) is 134 cm³/mol. The highest BCUT2D eigenvalue weighted by Gasteiger charge is 2.52. The fraction of sp³-hybridized carbons (Fsp3) is 0.500. The van der Waals surface area contributed by atoms with Crippen LogP contribution in [-0.4, -0.2) is 63.6 Å². The predicted octanol–water partition coefficient (Wildman–Crippen LogP) is 2.86. The van der Waals surface area contributed by atoms with Gasteiger partial charge in [-0.2, -0.15) is 0 Å². The van der Waals surface area contributed by atoms with Crippen LogP contribution in [0.4, 0.5) is 0 Å². The highest BCUT2D eigenvalue weighted by atomic mass is 16.3.